The summed E-state index contributed by atoms with van der Waals surface area (Å²) in [5.41, 5.74) is 0. The third kappa shape index (κ3) is 34.8. The van der Waals surface area contributed by atoms with Crippen molar-refractivity contribution in [2.24, 2.45) is 0 Å². The van der Waals surface area contributed by atoms with Crippen LogP contribution in [0.4, 0.5) is 4.79 Å². The number of allylic oxidation sites excluding steroid dienone is 4. The molecule has 3 nitrogen and oxygen atoms in total. The highest BCUT2D eigenvalue weighted by atomic mass is 16.2. The van der Waals surface area contributed by atoms with Crippen molar-refractivity contribution in [3.63, 3.8) is 0 Å². The first kappa shape index (κ1) is 38.8. The Hall–Kier alpha value is -1.25. The molecular weight excluding hydrogens is 488 g/mol. The second-order valence-electron chi connectivity index (χ2n) is 12.1. The third-order valence-electron chi connectivity index (χ3n) is 7.95. The molecule has 0 saturated heterocycles. The Labute approximate surface area is 252 Å². The van der Waals surface area contributed by atoms with E-state index >= 15 is 0 Å². The lowest BCUT2D eigenvalue weighted by Crippen LogP contribution is -2.36. The van der Waals surface area contributed by atoms with E-state index in [2.05, 4.69) is 48.8 Å². The Morgan fingerprint density at radius 3 is 0.925 bits per heavy atom. The van der Waals surface area contributed by atoms with Crippen LogP contribution in [0.2, 0.25) is 0 Å². The number of carbonyl (C=O) groups excluding carboxylic acids is 1. The average molecular weight is 561 g/mol. The minimum Gasteiger partial charge on any atom is -0.338 e. The van der Waals surface area contributed by atoms with Crippen molar-refractivity contribution in [2.45, 2.75) is 194 Å². The molecule has 0 rings (SSSR count). The summed E-state index contributed by atoms with van der Waals surface area (Å²) in [6.07, 6.45) is 46.5. The van der Waals surface area contributed by atoms with Crippen LogP contribution in [0.15, 0.2) is 24.3 Å². The Morgan fingerprint density at radius 1 is 0.375 bits per heavy atom. The smallest absolute Gasteiger partial charge is 0.314 e. The van der Waals surface area contributed by atoms with Gasteiger partial charge in [-0.15, -0.1) is 0 Å². The summed E-state index contributed by atoms with van der Waals surface area (Å²) >= 11 is 0. The summed E-state index contributed by atoms with van der Waals surface area (Å²) in [5.74, 6) is 0. The molecule has 0 unspecified atom stereocenters. The zero-order valence-corrected chi connectivity index (χ0v) is 27.4. The number of urea groups is 1. The third-order valence-corrected chi connectivity index (χ3v) is 7.95. The number of amides is 2. The molecule has 236 valence electrons. The molecule has 2 N–H and O–H groups in total. The van der Waals surface area contributed by atoms with E-state index in [0.29, 0.717) is 0 Å². The van der Waals surface area contributed by atoms with Gasteiger partial charge in [0.2, 0.25) is 0 Å². The van der Waals surface area contributed by atoms with Gasteiger partial charge in [0.25, 0.3) is 0 Å². The van der Waals surface area contributed by atoms with Crippen molar-refractivity contribution in [3.05, 3.63) is 24.3 Å². The van der Waals surface area contributed by atoms with Crippen LogP contribution in [0.3, 0.4) is 0 Å². The summed E-state index contributed by atoms with van der Waals surface area (Å²) < 4.78 is 0. The van der Waals surface area contributed by atoms with Gasteiger partial charge in [0.05, 0.1) is 0 Å². The molecule has 2 amide bonds. The monoisotopic (exact) mass is 561 g/mol. The molecule has 0 saturated carbocycles. The quantitative estimate of drug-likeness (QED) is 0.0623. The molecule has 0 aliphatic rings. The number of nitrogens with one attached hydrogen (secondary N) is 2. The van der Waals surface area contributed by atoms with Crippen molar-refractivity contribution >= 4 is 6.03 Å². The van der Waals surface area contributed by atoms with Crippen molar-refractivity contribution in [2.75, 3.05) is 13.1 Å². The molecule has 0 aromatic rings. The zero-order chi connectivity index (χ0) is 29.0. The van der Waals surface area contributed by atoms with E-state index in [0.717, 1.165) is 25.9 Å². The van der Waals surface area contributed by atoms with Crippen LogP contribution in [0.5, 0.6) is 0 Å². The number of rotatable bonds is 32. The van der Waals surface area contributed by atoms with E-state index in [1.165, 1.54) is 167 Å². The van der Waals surface area contributed by atoms with Crippen LogP contribution in [-0.4, -0.2) is 19.1 Å². The van der Waals surface area contributed by atoms with Crippen molar-refractivity contribution in [3.8, 4) is 0 Å². The Bertz CT molecular complexity index is 496. The molecule has 0 atom stereocenters. The standard InChI is InChI=1S/C37H72N2O/c1-3-5-7-9-11-13-15-17-19-21-23-25-27-29-31-33-35-38-37(40)39-36-34-32-30-28-26-24-22-20-18-16-14-12-10-8-6-4-2/h17-20H,3-16,21-36H2,1-2H3,(H2,38,39,40). The van der Waals surface area contributed by atoms with Crippen LogP contribution < -0.4 is 10.6 Å². The van der Waals surface area contributed by atoms with Gasteiger partial charge in [0.15, 0.2) is 0 Å². The molecule has 0 bridgehead atoms. The van der Waals surface area contributed by atoms with Gasteiger partial charge in [-0.1, -0.05) is 154 Å². The fraction of sp³-hybridized carbons (Fsp3) is 0.865. The summed E-state index contributed by atoms with van der Waals surface area (Å²) in [4.78, 5) is 11.9. The molecule has 0 spiro atoms. The van der Waals surface area contributed by atoms with Gasteiger partial charge in [-0.05, 0) is 64.2 Å². The lowest BCUT2D eigenvalue weighted by atomic mass is 10.1. The molecule has 0 heterocycles. The SMILES string of the molecule is CCCCCCCCC=CCCCCCCCCNC(=O)NCCCCCCCCC=CCCCCCCCC. The van der Waals surface area contributed by atoms with E-state index < -0.39 is 0 Å². The lowest BCUT2D eigenvalue weighted by molar-refractivity contribution is 0.240. The van der Waals surface area contributed by atoms with Crippen molar-refractivity contribution < 1.29 is 4.79 Å². The second kappa shape index (κ2) is 35.8. The van der Waals surface area contributed by atoms with Crippen LogP contribution in [-0.2, 0) is 0 Å². The van der Waals surface area contributed by atoms with Crippen LogP contribution in [0.1, 0.15) is 194 Å². The van der Waals surface area contributed by atoms with Gasteiger partial charge < -0.3 is 10.6 Å². The first-order valence-electron chi connectivity index (χ1n) is 18.1. The highest BCUT2D eigenvalue weighted by Gasteiger charge is 1.99. The molecule has 40 heavy (non-hydrogen) atoms. The Balaban J connectivity index is 3.22. The summed E-state index contributed by atoms with van der Waals surface area (Å²) in [5, 5.41) is 6.04. The molecule has 0 aromatic carbocycles. The van der Waals surface area contributed by atoms with Gasteiger partial charge >= 0.3 is 6.03 Å². The van der Waals surface area contributed by atoms with Crippen molar-refractivity contribution in [1.29, 1.82) is 0 Å². The zero-order valence-electron chi connectivity index (χ0n) is 27.4. The maximum absolute atomic E-state index is 11.9. The molecule has 0 aromatic heterocycles. The van der Waals surface area contributed by atoms with Gasteiger partial charge in [-0.25, -0.2) is 4.79 Å². The van der Waals surface area contributed by atoms with E-state index in [1.54, 1.807) is 0 Å². The van der Waals surface area contributed by atoms with Crippen LogP contribution in [0.25, 0.3) is 0 Å². The Morgan fingerprint density at radius 2 is 0.625 bits per heavy atom. The van der Waals surface area contributed by atoms with Gasteiger partial charge in [-0.2, -0.15) is 0 Å². The molecule has 0 aliphatic carbocycles. The topological polar surface area (TPSA) is 41.1 Å². The van der Waals surface area contributed by atoms with E-state index in [1.807, 2.05) is 0 Å². The molecule has 0 aliphatic heterocycles. The van der Waals surface area contributed by atoms with Crippen LogP contribution >= 0.6 is 0 Å². The predicted octanol–water partition coefficient (Wildman–Crippen LogP) is 12.4. The Kier molecular flexibility index (Phi) is 34.7. The highest BCUT2D eigenvalue weighted by Crippen LogP contribution is 2.11. The number of hydrogen-bond acceptors (Lipinski definition) is 1. The number of hydrogen-bond donors (Lipinski definition) is 2. The normalized spacial score (nSPS) is 11.7. The average Bonchev–Trinajstić information content (AvgIpc) is 2.96. The van der Waals surface area contributed by atoms with Gasteiger partial charge in [-0.3, -0.25) is 0 Å². The second-order valence-corrected chi connectivity index (χ2v) is 12.1. The highest BCUT2D eigenvalue weighted by molar-refractivity contribution is 5.73. The predicted molar refractivity (Wildman–Crippen MR) is 180 cm³/mol. The van der Waals surface area contributed by atoms with Gasteiger partial charge in [0, 0.05) is 13.1 Å². The summed E-state index contributed by atoms with van der Waals surface area (Å²) in [6, 6.07) is 0.0143. The molecular formula is C37H72N2O. The van der Waals surface area contributed by atoms with Gasteiger partial charge in [0.1, 0.15) is 0 Å². The fourth-order valence-corrected chi connectivity index (χ4v) is 5.21. The molecule has 3 heteroatoms. The minimum absolute atomic E-state index is 0.0143. The maximum Gasteiger partial charge on any atom is 0.314 e. The lowest BCUT2D eigenvalue weighted by Gasteiger charge is -2.07. The van der Waals surface area contributed by atoms with Crippen LogP contribution in [0, 0.1) is 0 Å². The maximum atomic E-state index is 11.9. The molecule has 0 radical (unpaired) electrons. The van der Waals surface area contributed by atoms with Crippen molar-refractivity contribution in [1.82, 2.24) is 10.6 Å². The molecule has 0 fully saturated rings. The number of carbonyl (C=O) groups is 1. The first-order valence-corrected chi connectivity index (χ1v) is 18.1. The van der Waals surface area contributed by atoms with E-state index in [4.69, 9.17) is 0 Å². The largest absolute Gasteiger partial charge is 0.338 e. The van der Waals surface area contributed by atoms with E-state index in [9.17, 15) is 4.79 Å². The van der Waals surface area contributed by atoms with E-state index in [-0.39, 0.29) is 6.03 Å². The fourth-order valence-electron chi connectivity index (χ4n) is 5.21. The minimum atomic E-state index is 0.0143. The number of unbranched alkanes of at least 4 members (excludes halogenated alkanes) is 24. The summed E-state index contributed by atoms with van der Waals surface area (Å²) in [6.45, 7) is 6.17. The first-order chi connectivity index (χ1) is 19.8. The summed E-state index contributed by atoms with van der Waals surface area (Å²) in [7, 11) is 0.